The van der Waals surface area contributed by atoms with E-state index in [0.29, 0.717) is 58.2 Å². The van der Waals surface area contributed by atoms with E-state index in [-0.39, 0.29) is 11.8 Å². The Bertz CT molecular complexity index is 1740. The van der Waals surface area contributed by atoms with E-state index in [2.05, 4.69) is 53.5 Å². The van der Waals surface area contributed by atoms with Gasteiger partial charge < -0.3 is 19.9 Å². The van der Waals surface area contributed by atoms with Crippen molar-refractivity contribution in [3.8, 4) is 11.4 Å². The summed E-state index contributed by atoms with van der Waals surface area (Å²) in [6, 6.07) is 16.0. The molecule has 2 fully saturated rings. The molecule has 7 rings (SSSR count). The minimum atomic E-state index is -0.620. The number of nitrogens with one attached hydrogen (secondary N) is 2. The van der Waals surface area contributed by atoms with Gasteiger partial charge >= 0.3 is 0 Å². The van der Waals surface area contributed by atoms with Gasteiger partial charge in [0.05, 0.1) is 25.3 Å². The van der Waals surface area contributed by atoms with E-state index >= 15 is 0 Å². The average Bonchev–Trinajstić information content (AvgIpc) is 3.74. The average molecular weight is 639 g/mol. The highest BCUT2D eigenvalue weighted by Crippen LogP contribution is 2.36. The van der Waals surface area contributed by atoms with Crippen LogP contribution in [0.4, 0.5) is 11.5 Å². The summed E-state index contributed by atoms with van der Waals surface area (Å²) in [5, 5.41) is 11.8. The second kappa shape index (κ2) is 13.2. The molecule has 2 aromatic carbocycles. The number of morpholine rings is 1. The van der Waals surface area contributed by atoms with Crippen molar-refractivity contribution < 1.29 is 14.3 Å². The molecule has 1 atom stereocenters. The van der Waals surface area contributed by atoms with Crippen LogP contribution in [-0.2, 0) is 14.3 Å². The molecule has 0 saturated carbocycles. The lowest BCUT2D eigenvalue weighted by Gasteiger charge is -2.29. The molecular formula is C34H38N8O3S. The van der Waals surface area contributed by atoms with E-state index in [4.69, 9.17) is 4.74 Å². The molecule has 0 bridgehead atoms. The SMILES string of the molecule is CS[C@@]1(C(=O)Nc2ccc3[nH]nc(N4CCOCC4)c3c2)CCN(CC(=O)N2CC=C(c3ccc(-c4ncccn4)cc3)CC2)C1. The summed E-state index contributed by atoms with van der Waals surface area (Å²) in [6.45, 7) is 5.74. The third-order valence-electron chi connectivity index (χ3n) is 9.23. The topological polar surface area (TPSA) is 120 Å². The number of hydrogen-bond donors (Lipinski definition) is 2. The second-order valence-electron chi connectivity index (χ2n) is 12.0. The van der Waals surface area contributed by atoms with Crippen LogP contribution in [-0.4, -0.2) is 112 Å². The number of aromatic amines is 1. The van der Waals surface area contributed by atoms with Crippen molar-refractivity contribution in [1.29, 1.82) is 0 Å². The zero-order chi connectivity index (χ0) is 31.5. The van der Waals surface area contributed by atoms with Crippen LogP contribution in [0.3, 0.4) is 0 Å². The molecule has 2 saturated heterocycles. The summed E-state index contributed by atoms with van der Waals surface area (Å²) in [4.78, 5) is 41.9. The minimum Gasteiger partial charge on any atom is -0.378 e. The van der Waals surface area contributed by atoms with Gasteiger partial charge in [-0.05, 0) is 54.5 Å². The molecule has 11 nitrogen and oxygen atoms in total. The van der Waals surface area contributed by atoms with Crippen molar-refractivity contribution >= 4 is 51.6 Å². The molecule has 5 heterocycles. The first kappa shape index (κ1) is 30.4. The van der Waals surface area contributed by atoms with Gasteiger partial charge in [0, 0.05) is 68.3 Å². The van der Waals surface area contributed by atoms with Gasteiger partial charge in [0.25, 0.3) is 0 Å². The monoisotopic (exact) mass is 638 g/mol. The van der Waals surface area contributed by atoms with E-state index in [9.17, 15) is 9.59 Å². The lowest BCUT2D eigenvalue weighted by Crippen LogP contribution is -2.45. The van der Waals surface area contributed by atoms with E-state index in [1.807, 2.05) is 47.6 Å². The van der Waals surface area contributed by atoms with Crippen LogP contribution >= 0.6 is 11.8 Å². The number of likely N-dealkylation sites (tertiary alicyclic amines) is 1. The highest BCUT2D eigenvalue weighted by molar-refractivity contribution is 8.00. The van der Waals surface area contributed by atoms with Crippen molar-refractivity contribution in [1.82, 2.24) is 30.0 Å². The molecule has 2 N–H and O–H groups in total. The molecule has 2 aromatic heterocycles. The van der Waals surface area contributed by atoms with Gasteiger partial charge in [-0.15, -0.1) is 11.8 Å². The van der Waals surface area contributed by atoms with Crippen molar-refractivity contribution in [3.05, 3.63) is 72.6 Å². The van der Waals surface area contributed by atoms with E-state index in [0.717, 1.165) is 53.0 Å². The van der Waals surface area contributed by atoms with Gasteiger partial charge in [-0.1, -0.05) is 30.3 Å². The van der Waals surface area contributed by atoms with Crippen LogP contribution in [0.15, 0.2) is 67.0 Å². The summed E-state index contributed by atoms with van der Waals surface area (Å²) < 4.78 is 4.88. The van der Waals surface area contributed by atoms with Gasteiger partial charge in [0.1, 0.15) is 4.75 Å². The van der Waals surface area contributed by atoms with E-state index in [1.165, 1.54) is 5.57 Å². The van der Waals surface area contributed by atoms with Gasteiger partial charge in [-0.3, -0.25) is 19.6 Å². The zero-order valence-corrected chi connectivity index (χ0v) is 26.8. The normalized spacial score (nSPS) is 20.6. The lowest BCUT2D eigenvalue weighted by molar-refractivity contribution is -0.132. The first-order chi connectivity index (χ1) is 22.5. The minimum absolute atomic E-state index is 0.0268. The molecule has 0 unspecified atom stereocenters. The Morgan fingerprint density at radius 2 is 1.80 bits per heavy atom. The predicted molar refractivity (Wildman–Crippen MR) is 182 cm³/mol. The first-order valence-corrected chi connectivity index (χ1v) is 17.0. The molecule has 3 aliphatic rings. The first-order valence-electron chi connectivity index (χ1n) is 15.8. The molecular weight excluding hydrogens is 600 g/mol. The third-order valence-corrected chi connectivity index (χ3v) is 10.5. The summed E-state index contributed by atoms with van der Waals surface area (Å²) in [5.74, 6) is 1.67. The van der Waals surface area contributed by atoms with Crippen molar-refractivity contribution in [2.75, 3.05) is 75.5 Å². The standard InChI is InChI=1S/C34H38N8O3S/c1-46-34(33(44)37-27-7-8-29-28(21-27)32(39-38-29)42-17-19-45-20-18-42)11-16-40(23-34)22-30(43)41-14-9-25(10-15-41)24-3-5-26(6-4-24)31-35-12-2-13-36-31/h2-9,12-13,21H,10-11,14-20,22-23H2,1H3,(H,37,44)(H,38,39)/t34-/m0/s1. The number of benzene rings is 2. The van der Waals surface area contributed by atoms with Gasteiger partial charge in [0.2, 0.25) is 11.8 Å². The molecule has 12 heteroatoms. The Hall–Kier alpha value is -4.26. The maximum absolute atomic E-state index is 13.7. The fourth-order valence-corrected chi connectivity index (χ4v) is 7.35. The number of rotatable bonds is 8. The highest BCUT2D eigenvalue weighted by Gasteiger charge is 2.44. The number of carbonyl (C=O) groups excluding carboxylic acids is 2. The molecule has 238 valence electrons. The second-order valence-corrected chi connectivity index (χ2v) is 13.2. The summed E-state index contributed by atoms with van der Waals surface area (Å²) in [6.07, 6.45) is 9.12. The van der Waals surface area contributed by atoms with E-state index < -0.39 is 4.75 Å². The van der Waals surface area contributed by atoms with Crippen LogP contribution in [0.25, 0.3) is 27.9 Å². The van der Waals surface area contributed by atoms with Crippen molar-refractivity contribution in [2.45, 2.75) is 17.6 Å². The van der Waals surface area contributed by atoms with Crippen LogP contribution in [0.1, 0.15) is 18.4 Å². The molecule has 0 spiro atoms. The number of aromatic nitrogens is 4. The Balaban J connectivity index is 0.947. The lowest BCUT2D eigenvalue weighted by atomic mass is 9.98. The number of nitrogens with zero attached hydrogens (tertiary/aromatic N) is 6. The summed E-state index contributed by atoms with van der Waals surface area (Å²) in [7, 11) is 0. The number of thioether (sulfide) groups is 1. The highest BCUT2D eigenvalue weighted by atomic mass is 32.2. The maximum Gasteiger partial charge on any atom is 0.241 e. The third kappa shape index (κ3) is 6.24. The molecule has 0 radical (unpaired) electrons. The molecule has 46 heavy (non-hydrogen) atoms. The Kier molecular flexibility index (Phi) is 8.74. The Labute approximate surface area is 272 Å². The fraction of sp³-hybridized carbons (Fsp3) is 0.382. The van der Waals surface area contributed by atoms with Crippen LogP contribution in [0.2, 0.25) is 0 Å². The maximum atomic E-state index is 13.7. The Morgan fingerprint density at radius 1 is 1.02 bits per heavy atom. The zero-order valence-electron chi connectivity index (χ0n) is 25.9. The molecule has 0 aliphatic carbocycles. The van der Waals surface area contributed by atoms with Crippen LogP contribution in [0.5, 0.6) is 0 Å². The summed E-state index contributed by atoms with van der Waals surface area (Å²) >= 11 is 1.57. The number of H-pyrrole nitrogens is 1. The number of carbonyl (C=O) groups is 2. The van der Waals surface area contributed by atoms with Crippen molar-refractivity contribution in [3.63, 3.8) is 0 Å². The van der Waals surface area contributed by atoms with Gasteiger partial charge in [0.15, 0.2) is 11.6 Å². The summed E-state index contributed by atoms with van der Waals surface area (Å²) in [5.41, 5.74) is 5.06. The molecule has 4 aromatic rings. The van der Waals surface area contributed by atoms with Gasteiger partial charge in [-0.2, -0.15) is 5.10 Å². The molecule has 3 aliphatic heterocycles. The predicted octanol–water partition coefficient (Wildman–Crippen LogP) is 3.92. The van der Waals surface area contributed by atoms with Crippen LogP contribution in [0, 0.1) is 0 Å². The number of anilines is 2. The molecule has 2 amide bonds. The number of hydrogen-bond acceptors (Lipinski definition) is 9. The van der Waals surface area contributed by atoms with Gasteiger partial charge in [-0.25, -0.2) is 9.97 Å². The van der Waals surface area contributed by atoms with Crippen molar-refractivity contribution in [2.24, 2.45) is 0 Å². The van der Waals surface area contributed by atoms with Crippen LogP contribution < -0.4 is 10.2 Å². The fourth-order valence-electron chi connectivity index (χ4n) is 6.51. The largest absolute Gasteiger partial charge is 0.378 e. The smallest absolute Gasteiger partial charge is 0.241 e. The Morgan fingerprint density at radius 3 is 2.54 bits per heavy atom. The number of ether oxygens (including phenoxy) is 1. The van der Waals surface area contributed by atoms with E-state index in [1.54, 1.807) is 24.2 Å². The number of fused-ring (bicyclic) bond motifs is 1. The quantitative estimate of drug-likeness (QED) is 0.296. The number of amides is 2.